The molecule has 3 fully saturated rings. The van der Waals surface area contributed by atoms with Gasteiger partial charge >= 0.3 is 0 Å². The predicted molar refractivity (Wildman–Crippen MR) is 55.1 cm³/mol. The molecule has 0 aromatic heterocycles. The van der Waals surface area contributed by atoms with Crippen LogP contribution in [0, 0.1) is 23.7 Å². The predicted octanol–water partition coefficient (Wildman–Crippen LogP) is 2.01. The van der Waals surface area contributed by atoms with Crippen molar-refractivity contribution in [3.8, 4) is 0 Å². The molecule has 1 heterocycles. The zero-order chi connectivity index (χ0) is 10.4. The van der Waals surface area contributed by atoms with Crippen molar-refractivity contribution < 1.29 is 14.2 Å². The molecule has 6 atom stereocenters. The number of ether oxygens (including phenoxy) is 3. The average Bonchev–Trinajstić information content (AvgIpc) is 2.86. The third-order valence-electron chi connectivity index (χ3n) is 4.71. The van der Waals surface area contributed by atoms with Gasteiger partial charge in [-0.1, -0.05) is 0 Å². The summed E-state index contributed by atoms with van der Waals surface area (Å²) < 4.78 is 16.8. The second kappa shape index (κ2) is 3.72. The van der Waals surface area contributed by atoms with Crippen molar-refractivity contribution in [2.75, 3.05) is 14.2 Å². The molecular weight excluding hydrogens is 192 g/mol. The SMILES string of the molecule is CO[C@@H]1O[C@@H](OC)[C@H]2CCC3CC[C@@H]1C32. The number of hydrogen-bond acceptors (Lipinski definition) is 3. The summed E-state index contributed by atoms with van der Waals surface area (Å²) in [7, 11) is 3.50. The van der Waals surface area contributed by atoms with Crippen molar-refractivity contribution >= 4 is 0 Å². The van der Waals surface area contributed by atoms with Gasteiger partial charge in [0.15, 0.2) is 12.6 Å². The van der Waals surface area contributed by atoms with Gasteiger partial charge in [0.25, 0.3) is 0 Å². The Morgan fingerprint density at radius 1 is 0.867 bits per heavy atom. The molecule has 1 saturated heterocycles. The standard InChI is InChI=1S/C12H20O3/c1-13-11-8-5-3-7-4-6-9(10(7)8)12(14-2)15-11/h7-12H,3-6H2,1-2H3/t7?,8-,9+,10?,11-,12-/m1/s1. The van der Waals surface area contributed by atoms with Gasteiger partial charge in [0, 0.05) is 26.1 Å². The van der Waals surface area contributed by atoms with Crippen LogP contribution in [0.25, 0.3) is 0 Å². The highest BCUT2D eigenvalue weighted by Crippen LogP contribution is 2.56. The fourth-order valence-electron chi connectivity index (χ4n) is 4.17. The fourth-order valence-corrected chi connectivity index (χ4v) is 4.17. The molecule has 2 unspecified atom stereocenters. The van der Waals surface area contributed by atoms with Gasteiger partial charge in [-0.05, 0) is 37.5 Å². The normalized spacial score (nSPS) is 53.2. The van der Waals surface area contributed by atoms with Crippen LogP contribution in [-0.4, -0.2) is 26.8 Å². The molecule has 2 saturated carbocycles. The molecule has 3 rings (SSSR count). The van der Waals surface area contributed by atoms with Crippen LogP contribution in [0.4, 0.5) is 0 Å². The lowest BCUT2D eigenvalue weighted by Gasteiger charge is -2.41. The summed E-state index contributed by atoms with van der Waals surface area (Å²) in [6.45, 7) is 0. The molecule has 3 aliphatic rings. The Kier molecular flexibility index (Phi) is 2.49. The van der Waals surface area contributed by atoms with E-state index in [9.17, 15) is 0 Å². The van der Waals surface area contributed by atoms with Gasteiger partial charge in [-0.15, -0.1) is 0 Å². The highest BCUT2D eigenvalue weighted by atomic mass is 16.8. The number of hydrogen-bond donors (Lipinski definition) is 0. The Morgan fingerprint density at radius 3 is 1.87 bits per heavy atom. The van der Waals surface area contributed by atoms with E-state index in [1.807, 2.05) is 0 Å². The average molecular weight is 212 g/mol. The zero-order valence-corrected chi connectivity index (χ0v) is 9.52. The van der Waals surface area contributed by atoms with Crippen LogP contribution < -0.4 is 0 Å². The molecule has 3 nitrogen and oxygen atoms in total. The molecule has 0 N–H and O–H groups in total. The first-order valence-corrected chi connectivity index (χ1v) is 6.06. The molecule has 3 heteroatoms. The molecule has 0 aromatic carbocycles. The zero-order valence-electron chi connectivity index (χ0n) is 9.52. The molecule has 0 aromatic rings. The van der Waals surface area contributed by atoms with Crippen molar-refractivity contribution in [1.82, 2.24) is 0 Å². The Balaban J connectivity index is 1.85. The molecule has 0 radical (unpaired) electrons. The van der Waals surface area contributed by atoms with Gasteiger partial charge in [-0.25, -0.2) is 0 Å². The van der Waals surface area contributed by atoms with E-state index < -0.39 is 0 Å². The van der Waals surface area contributed by atoms with Crippen LogP contribution >= 0.6 is 0 Å². The van der Waals surface area contributed by atoms with Gasteiger partial charge < -0.3 is 14.2 Å². The van der Waals surface area contributed by atoms with E-state index in [2.05, 4.69) is 0 Å². The van der Waals surface area contributed by atoms with E-state index in [4.69, 9.17) is 14.2 Å². The minimum absolute atomic E-state index is 0.0284. The fraction of sp³-hybridized carbons (Fsp3) is 1.00. The van der Waals surface area contributed by atoms with Crippen LogP contribution in [-0.2, 0) is 14.2 Å². The van der Waals surface area contributed by atoms with Gasteiger partial charge in [0.1, 0.15) is 0 Å². The molecule has 86 valence electrons. The molecule has 2 aliphatic carbocycles. The summed E-state index contributed by atoms with van der Waals surface area (Å²) in [5, 5.41) is 0. The Labute approximate surface area is 91.1 Å². The van der Waals surface area contributed by atoms with Crippen LogP contribution in [0.3, 0.4) is 0 Å². The largest absolute Gasteiger partial charge is 0.355 e. The summed E-state index contributed by atoms with van der Waals surface area (Å²) in [5.41, 5.74) is 0. The first kappa shape index (κ1) is 10.1. The monoisotopic (exact) mass is 212 g/mol. The van der Waals surface area contributed by atoms with Crippen LogP contribution in [0.1, 0.15) is 25.7 Å². The molecule has 15 heavy (non-hydrogen) atoms. The maximum Gasteiger partial charge on any atom is 0.163 e. The second-order valence-electron chi connectivity index (χ2n) is 5.16. The lowest BCUT2D eigenvalue weighted by atomic mass is 9.81. The van der Waals surface area contributed by atoms with E-state index in [0.717, 1.165) is 11.8 Å². The Hall–Kier alpha value is -0.120. The van der Waals surface area contributed by atoms with Crippen molar-refractivity contribution in [3.63, 3.8) is 0 Å². The highest BCUT2D eigenvalue weighted by molar-refractivity contribution is 4.99. The quantitative estimate of drug-likeness (QED) is 0.701. The first-order chi connectivity index (χ1) is 7.35. The van der Waals surface area contributed by atoms with E-state index in [1.165, 1.54) is 25.7 Å². The lowest BCUT2D eigenvalue weighted by molar-refractivity contribution is -0.302. The van der Waals surface area contributed by atoms with E-state index in [-0.39, 0.29) is 12.6 Å². The Bertz CT molecular complexity index is 221. The van der Waals surface area contributed by atoms with Crippen molar-refractivity contribution in [1.29, 1.82) is 0 Å². The minimum Gasteiger partial charge on any atom is -0.355 e. The van der Waals surface area contributed by atoms with E-state index in [0.29, 0.717) is 11.8 Å². The first-order valence-electron chi connectivity index (χ1n) is 6.06. The van der Waals surface area contributed by atoms with Crippen LogP contribution in [0.2, 0.25) is 0 Å². The van der Waals surface area contributed by atoms with Crippen molar-refractivity contribution in [3.05, 3.63) is 0 Å². The molecular formula is C12H20O3. The topological polar surface area (TPSA) is 27.7 Å². The van der Waals surface area contributed by atoms with Crippen molar-refractivity contribution in [2.24, 2.45) is 23.7 Å². The molecule has 1 aliphatic heterocycles. The highest BCUT2D eigenvalue weighted by Gasteiger charge is 2.55. The van der Waals surface area contributed by atoms with Gasteiger partial charge in [0.2, 0.25) is 0 Å². The molecule has 0 bridgehead atoms. The third kappa shape index (κ3) is 1.37. The number of methoxy groups -OCH3 is 2. The summed E-state index contributed by atoms with van der Waals surface area (Å²) >= 11 is 0. The van der Waals surface area contributed by atoms with E-state index in [1.54, 1.807) is 14.2 Å². The van der Waals surface area contributed by atoms with Gasteiger partial charge in [-0.2, -0.15) is 0 Å². The van der Waals surface area contributed by atoms with Crippen molar-refractivity contribution in [2.45, 2.75) is 38.3 Å². The smallest absolute Gasteiger partial charge is 0.163 e. The number of rotatable bonds is 2. The molecule has 0 spiro atoms. The lowest BCUT2D eigenvalue weighted by Crippen LogP contribution is -2.46. The van der Waals surface area contributed by atoms with Gasteiger partial charge in [0.05, 0.1) is 0 Å². The van der Waals surface area contributed by atoms with E-state index >= 15 is 0 Å². The van der Waals surface area contributed by atoms with Crippen LogP contribution in [0.15, 0.2) is 0 Å². The maximum absolute atomic E-state index is 5.88. The van der Waals surface area contributed by atoms with Gasteiger partial charge in [-0.3, -0.25) is 0 Å². The summed E-state index contributed by atoms with van der Waals surface area (Å²) in [6, 6.07) is 0. The second-order valence-corrected chi connectivity index (χ2v) is 5.16. The summed E-state index contributed by atoms with van der Waals surface area (Å²) in [4.78, 5) is 0. The molecule has 0 amide bonds. The van der Waals surface area contributed by atoms with Crippen LogP contribution in [0.5, 0.6) is 0 Å². The summed E-state index contributed by atoms with van der Waals surface area (Å²) in [5.74, 6) is 2.96. The summed E-state index contributed by atoms with van der Waals surface area (Å²) in [6.07, 6.45) is 5.23. The third-order valence-corrected chi connectivity index (χ3v) is 4.71. The minimum atomic E-state index is -0.0284. The maximum atomic E-state index is 5.88. The Morgan fingerprint density at radius 2 is 1.40 bits per heavy atom.